The van der Waals surface area contributed by atoms with Crippen molar-refractivity contribution in [2.75, 3.05) is 46.1 Å². The fraction of sp³-hybridized carbons (Fsp3) is 0.386. The molecule has 0 bridgehead atoms. The van der Waals surface area contributed by atoms with Gasteiger partial charge in [0, 0.05) is 75.0 Å². The monoisotopic (exact) mass is 959 g/mol. The normalized spacial score (nSPS) is 22.6. The number of benzene rings is 5. The average molecular weight is 960 g/mol. The van der Waals surface area contributed by atoms with Crippen molar-refractivity contribution in [1.82, 2.24) is 9.80 Å². The number of hydrogen-bond donors (Lipinski definition) is 2. The maximum Gasteiger partial charge on any atom is 0.269 e. The van der Waals surface area contributed by atoms with Crippen LogP contribution in [0.1, 0.15) is 83.5 Å². The van der Waals surface area contributed by atoms with Crippen LogP contribution in [0.15, 0.2) is 139 Å². The van der Waals surface area contributed by atoms with Gasteiger partial charge in [-0.15, -0.1) is 6.58 Å². The Labute approximate surface area is 414 Å². The first-order valence-corrected chi connectivity index (χ1v) is 24.8. The number of amides is 1. The first-order valence-electron chi connectivity index (χ1n) is 24.8. The molecule has 2 aliphatic heterocycles. The largest absolute Gasteiger partial charge is 0.492 e. The third-order valence-electron chi connectivity index (χ3n) is 14.5. The molecule has 14 nitrogen and oxygen atoms in total. The van der Waals surface area contributed by atoms with E-state index in [0.717, 1.165) is 78.5 Å². The third-order valence-corrected chi connectivity index (χ3v) is 14.5. The SMILES string of the molecule is C=CCO[C@@]12Oc3ccc(OCCN4CC4)cc3[C@H]3[C@H](CCCCO)[C@@H](CCCCO)C=C(C(=NOCc4ccc([N+](=O)[O-])cc4)C[C@@H]1N(Cc1cccc4ccccc14)C(=O)c1ccc(C#N)cc1)[C@H]32. The van der Waals surface area contributed by atoms with Crippen LogP contribution in [0.4, 0.5) is 5.69 Å². The van der Waals surface area contributed by atoms with Crippen molar-refractivity contribution in [3.05, 3.63) is 171 Å². The number of aliphatic hydroxyl groups is 2. The van der Waals surface area contributed by atoms with Gasteiger partial charge in [0.2, 0.25) is 5.79 Å². The Kier molecular flexibility index (Phi) is 15.5. The van der Waals surface area contributed by atoms with Crippen LogP contribution in [0.2, 0.25) is 0 Å². The number of allylic oxidation sites excluding steroid dienone is 1. The highest BCUT2D eigenvalue weighted by atomic mass is 16.7. The Morgan fingerprint density at radius 1 is 0.972 bits per heavy atom. The molecule has 1 amide bonds. The van der Waals surface area contributed by atoms with E-state index in [1.54, 1.807) is 42.5 Å². The molecule has 0 spiro atoms. The molecule has 1 saturated carbocycles. The number of fused-ring (bicyclic) bond motifs is 3. The zero-order valence-electron chi connectivity index (χ0n) is 39.9. The third kappa shape index (κ3) is 10.7. The molecular weight excluding hydrogens is 899 g/mol. The molecule has 14 heteroatoms. The molecule has 0 radical (unpaired) electrons. The predicted molar refractivity (Wildman–Crippen MR) is 270 cm³/mol. The Morgan fingerprint density at radius 3 is 2.46 bits per heavy atom. The molecule has 9 rings (SSSR count). The van der Waals surface area contributed by atoms with Gasteiger partial charge in [-0.25, -0.2) is 0 Å². The first-order chi connectivity index (χ1) is 34.7. The minimum atomic E-state index is -1.53. The number of nitriles is 1. The molecule has 5 aromatic rings. The molecule has 5 aromatic carbocycles. The molecule has 2 fully saturated rings. The highest BCUT2D eigenvalue weighted by Gasteiger charge is 2.65. The summed E-state index contributed by atoms with van der Waals surface area (Å²) in [6.07, 6.45) is 8.50. The number of unbranched alkanes of at least 4 members (excludes halogenated alkanes) is 2. The summed E-state index contributed by atoms with van der Waals surface area (Å²) in [5.41, 5.74) is 4.80. The van der Waals surface area contributed by atoms with E-state index >= 15 is 4.79 Å². The molecule has 0 unspecified atom stereocenters. The van der Waals surface area contributed by atoms with Gasteiger partial charge in [-0.2, -0.15) is 5.26 Å². The molecule has 71 heavy (non-hydrogen) atoms. The van der Waals surface area contributed by atoms with E-state index < -0.39 is 22.7 Å². The second kappa shape index (κ2) is 22.5. The highest BCUT2D eigenvalue weighted by Crippen LogP contribution is 2.62. The van der Waals surface area contributed by atoms with Gasteiger partial charge in [-0.1, -0.05) is 72.6 Å². The van der Waals surface area contributed by atoms with Gasteiger partial charge in [-0.05, 0) is 120 Å². The van der Waals surface area contributed by atoms with E-state index in [9.17, 15) is 25.6 Å². The minimum Gasteiger partial charge on any atom is -0.492 e. The number of nitrogens with zero attached hydrogens (tertiary/aromatic N) is 5. The predicted octanol–water partition coefficient (Wildman–Crippen LogP) is 9.49. The summed E-state index contributed by atoms with van der Waals surface area (Å²) in [7, 11) is 0. The van der Waals surface area contributed by atoms with Crippen LogP contribution in [0.3, 0.4) is 0 Å². The molecule has 2 aliphatic carbocycles. The topological polar surface area (TPSA) is 180 Å². The molecule has 2 N–H and O–H groups in total. The molecule has 0 aromatic heterocycles. The number of carbonyl (C=O) groups excluding carboxylic acids is 1. The number of hydrogen-bond acceptors (Lipinski definition) is 12. The quantitative estimate of drug-likeness (QED) is 0.0209. The number of aliphatic hydroxyl groups excluding tert-OH is 2. The Balaban J connectivity index is 1.25. The molecule has 368 valence electrons. The summed E-state index contributed by atoms with van der Waals surface area (Å²) in [4.78, 5) is 37.2. The van der Waals surface area contributed by atoms with Gasteiger partial charge in [0.25, 0.3) is 11.6 Å². The van der Waals surface area contributed by atoms with Crippen LogP contribution in [-0.2, 0) is 22.7 Å². The van der Waals surface area contributed by atoms with E-state index in [1.807, 2.05) is 53.4 Å². The smallest absolute Gasteiger partial charge is 0.269 e. The van der Waals surface area contributed by atoms with Crippen molar-refractivity contribution in [3.63, 3.8) is 0 Å². The van der Waals surface area contributed by atoms with E-state index in [4.69, 9.17) is 24.2 Å². The van der Waals surface area contributed by atoms with Crippen molar-refractivity contribution < 1.29 is 39.0 Å². The van der Waals surface area contributed by atoms with Gasteiger partial charge in [0.05, 0.1) is 34.8 Å². The Morgan fingerprint density at radius 2 is 1.73 bits per heavy atom. The summed E-state index contributed by atoms with van der Waals surface area (Å²) in [5, 5.41) is 48.4. The lowest BCUT2D eigenvalue weighted by atomic mass is 9.55. The van der Waals surface area contributed by atoms with Crippen LogP contribution in [-0.4, -0.2) is 94.4 Å². The van der Waals surface area contributed by atoms with Gasteiger partial charge < -0.3 is 34.2 Å². The maximum atomic E-state index is 15.7. The zero-order valence-corrected chi connectivity index (χ0v) is 39.9. The van der Waals surface area contributed by atoms with E-state index in [0.29, 0.717) is 47.6 Å². The fourth-order valence-corrected chi connectivity index (χ4v) is 11.0. The summed E-state index contributed by atoms with van der Waals surface area (Å²) in [6.45, 7) is 7.97. The van der Waals surface area contributed by atoms with Gasteiger partial charge in [0.15, 0.2) is 0 Å². The summed E-state index contributed by atoms with van der Waals surface area (Å²) in [5.74, 6) is -1.33. The van der Waals surface area contributed by atoms with Crippen molar-refractivity contribution in [2.45, 2.75) is 75.8 Å². The standard InChI is InChI=1S/C57H61N5O9/c1-2-31-69-57-53(61(56(65)42-20-16-39(36-58)17-21-42)37-44-13-9-12-41-10-3-4-14-47(41)44)35-51(59-70-38-40-18-22-45(23-19-40)62(66)67)49-33-43(11-5-7-29-63)48(15-6-8-30-64)54(55(49)57)50-34-46(24-25-52(50)71-57)68-32-28-60-26-27-60/h2-4,9-10,12-14,16-25,33-34,43,48,53-55,63-64H,1,5-8,11,15,26-32,35,37-38H2/t43-,48+,53-,54+,55+,57+/m0/s1. The van der Waals surface area contributed by atoms with Crippen LogP contribution in [0, 0.1) is 39.2 Å². The fourth-order valence-electron chi connectivity index (χ4n) is 11.0. The number of carbonyl (C=O) groups is 1. The van der Waals surface area contributed by atoms with Crippen LogP contribution >= 0.6 is 0 Å². The van der Waals surface area contributed by atoms with Gasteiger partial charge in [0.1, 0.15) is 30.8 Å². The second-order valence-corrected chi connectivity index (χ2v) is 18.9. The van der Waals surface area contributed by atoms with Crippen LogP contribution in [0.5, 0.6) is 11.5 Å². The zero-order chi connectivity index (χ0) is 49.3. The van der Waals surface area contributed by atoms with E-state index in [-0.39, 0.29) is 68.7 Å². The van der Waals surface area contributed by atoms with Crippen molar-refractivity contribution in [1.29, 1.82) is 5.26 Å². The van der Waals surface area contributed by atoms with Gasteiger partial charge in [-0.3, -0.25) is 19.8 Å². The number of nitro benzene ring substituents is 1. The minimum absolute atomic E-state index is 0.00190. The molecular formula is C57H61N5O9. The molecule has 6 atom stereocenters. The van der Waals surface area contributed by atoms with Gasteiger partial charge >= 0.3 is 0 Å². The number of non-ortho nitro benzene ring substituents is 1. The maximum absolute atomic E-state index is 15.7. The molecule has 1 saturated heterocycles. The van der Waals surface area contributed by atoms with Crippen molar-refractivity contribution >= 4 is 28.1 Å². The lowest BCUT2D eigenvalue weighted by Gasteiger charge is -2.60. The van der Waals surface area contributed by atoms with Crippen LogP contribution in [0.25, 0.3) is 10.8 Å². The summed E-state index contributed by atoms with van der Waals surface area (Å²) >= 11 is 0. The Hall–Kier alpha value is -6.89. The summed E-state index contributed by atoms with van der Waals surface area (Å²) < 4.78 is 21.3. The van der Waals surface area contributed by atoms with E-state index in [1.165, 1.54) is 12.1 Å². The lowest BCUT2D eigenvalue weighted by Crippen LogP contribution is -2.70. The number of oxime groups is 1. The van der Waals surface area contributed by atoms with Crippen molar-refractivity contribution in [3.8, 4) is 17.6 Å². The molecule has 2 heterocycles. The number of nitro groups is 1. The molecule has 4 aliphatic rings. The van der Waals surface area contributed by atoms with Crippen LogP contribution < -0.4 is 9.47 Å². The average Bonchev–Trinajstić information content (AvgIpc) is 4.23. The van der Waals surface area contributed by atoms with E-state index in [2.05, 4.69) is 35.8 Å². The Bertz CT molecular complexity index is 2800. The number of ether oxygens (including phenoxy) is 3. The second-order valence-electron chi connectivity index (χ2n) is 18.9. The first kappa shape index (κ1) is 49.1. The van der Waals surface area contributed by atoms with Crippen molar-refractivity contribution in [2.24, 2.45) is 22.9 Å². The highest BCUT2D eigenvalue weighted by molar-refractivity contribution is 6.03. The lowest BCUT2D eigenvalue weighted by molar-refractivity contribution is -0.384. The number of rotatable bonds is 23. The summed E-state index contributed by atoms with van der Waals surface area (Å²) in [6, 6.07) is 34.3.